The van der Waals surface area contributed by atoms with Crippen molar-refractivity contribution in [1.29, 1.82) is 0 Å². The van der Waals surface area contributed by atoms with Crippen molar-refractivity contribution in [2.45, 2.75) is 298 Å². The Bertz CT molecular complexity index is 933. The van der Waals surface area contributed by atoms with E-state index >= 15 is 0 Å². The number of hydrogen-bond donors (Lipinski definition) is 0. The molecule has 0 bridgehead atoms. The van der Waals surface area contributed by atoms with Gasteiger partial charge in [-0.25, -0.2) is 0 Å². The van der Waals surface area contributed by atoms with E-state index in [0.29, 0.717) is 19.3 Å². The van der Waals surface area contributed by atoms with Crippen molar-refractivity contribution in [2.24, 2.45) is 17.8 Å². The molecule has 2 unspecified atom stereocenters. The molecule has 60 heavy (non-hydrogen) atoms. The summed E-state index contributed by atoms with van der Waals surface area (Å²) in [6.07, 6.45) is 45.0. The van der Waals surface area contributed by atoms with Gasteiger partial charge in [0.1, 0.15) is 13.2 Å². The fourth-order valence-corrected chi connectivity index (χ4v) is 8.05. The van der Waals surface area contributed by atoms with E-state index in [2.05, 4.69) is 41.5 Å². The first-order valence-corrected chi connectivity index (χ1v) is 26.7. The Hall–Kier alpha value is -1.59. The summed E-state index contributed by atoms with van der Waals surface area (Å²) in [7, 11) is 0. The maximum Gasteiger partial charge on any atom is 0.306 e. The molecule has 356 valence electrons. The first-order valence-electron chi connectivity index (χ1n) is 26.7. The van der Waals surface area contributed by atoms with Crippen LogP contribution in [-0.4, -0.2) is 37.2 Å². The van der Waals surface area contributed by atoms with Crippen LogP contribution in [0.1, 0.15) is 292 Å². The van der Waals surface area contributed by atoms with E-state index in [1.54, 1.807) is 0 Å². The number of carbonyl (C=O) groups is 3. The summed E-state index contributed by atoms with van der Waals surface area (Å²) in [6, 6.07) is 0. The molecule has 6 nitrogen and oxygen atoms in total. The van der Waals surface area contributed by atoms with Crippen molar-refractivity contribution in [3.8, 4) is 0 Å². The Morgan fingerprint density at radius 1 is 0.333 bits per heavy atom. The van der Waals surface area contributed by atoms with Crippen molar-refractivity contribution in [1.82, 2.24) is 0 Å². The molecule has 0 aliphatic heterocycles. The molecule has 6 heteroatoms. The van der Waals surface area contributed by atoms with Gasteiger partial charge in [-0.15, -0.1) is 0 Å². The summed E-state index contributed by atoms with van der Waals surface area (Å²) in [5.74, 6) is 1.70. The molecular weight excluding hydrogens is 745 g/mol. The van der Waals surface area contributed by atoms with Gasteiger partial charge in [0.15, 0.2) is 6.10 Å². The Labute approximate surface area is 374 Å². The van der Waals surface area contributed by atoms with Crippen molar-refractivity contribution in [3.05, 3.63) is 0 Å². The molecule has 0 saturated heterocycles. The molecule has 0 fully saturated rings. The van der Waals surface area contributed by atoms with Gasteiger partial charge in [0, 0.05) is 19.3 Å². The van der Waals surface area contributed by atoms with E-state index in [4.69, 9.17) is 14.2 Å². The Kier molecular flexibility index (Phi) is 44.2. The number of esters is 3. The molecule has 0 aliphatic carbocycles. The van der Waals surface area contributed by atoms with Gasteiger partial charge in [-0.1, -0.05) is 253 Å². The lowest BCUT2D eigenvalue weighted by molar-refractivity contribution is -0.167. The first-order chi connectivity index (χ1) is 29.2. The van der Waals surface area contributed by atoms with Crippen LogP contribution in [0.5, 0.6) is 0 Å². The van der Waals surface area contributed by atoms with E-state index < -0.39 is 6.10 Å². The summed E-state index contributed by atoms with van der Waals surface area (Å²) in [5.41, 5.74) is 0. The maximum atomic E-state index is 12.8. The SMILES string of the molecule is CCC(C)CCCCCCCCCCCCC(=O)OC[C@H](COC(=O)CCCCCCCCCCCCCCCC(C)C)OC(=O)CCCCCCCCCCC(C)CC. The highest BCUT2D eigenvalue weighted by Crippen LogP contribution is 2.18. The summed E-state index contributed by atoms with van der Waals surface area (Å²) in [6.45, 7) is 13.8. The molecule has 0 radical (unpaired) electrons. The van der Waals surface area contributed by atoms with Crippen LogP contribution in [-0.2, 0) is 28.6 Å². The fourth-order valence-electron chi connectivity index (χ4n) is 8.05. The first kappa shape index (κ1) is 58.4. The predicted molar refractivity (Wildman–Crippen MR) is 256 cm³/mol. The number of ether oxygens (including phenoxy) is 3. The lowest BCUT2D eigenvalue weighted by atomic mass is 9.99. The second-order valence-corrected chi connectivity index (χ2v) is 19.5. The van der Waals surface area contributed by atoms with Gasteiger partial charge >= 0.3 is 17.9 Å². The maximum absolute atomic E-state index is 12.8. The molecule has 3 atom stereocenters. The Morgan fingerprint density at radius 3 is 0.867 bits per heavy atom. The molecule has 0 aliphatic rings. The molecule has 0 amide bonds. The van der Waals surface area contributed by atoms with Gasteiger partial charge in [-0.05, 0) is 37.0 Å². The minimum Gasteiger partial charge on any atom is -0.462 e. The number of unbranched alkanes of at least 4 members (excludes halogenated alkanes) is 28. The Morgan fingerprint density at radius 2 is 0.583 bits per heavy atom. The Balaban J connectivity index is 4.32. The summed E-state index contributed by atoms with van der Waals surface area (Å²) >= 11 is 0. The van der Waals surface area contributed by atoms with Gasteiger partial charge in [0.25, 0.3) is 0 Å². The van der Waals surface area contributed by atoms with Crippen LogP contribution < -0.4 is 0 Å². The number of hydrogen-bond acceptors (Lipinski definition) is 6. The zero-order valence-corrected chi connectivity index (χ0v) is 41.3. The van der Waals surface area contributed by atoms with Crippen molar-refractivity contribution in [2.75, 3.05) is 13.2 Å². The second kappa shape index (κ2) is 45.4. The van der Waals surface area contributed by atoms with Crippen molar-refractivity contribution in [3.63, 3.8) is 0 Å². The number of carbonyl (C=O) groups excluding carboxylic acids is 3. The van der Waals surface area contributed by atoms with Crippen LogP contribution >= 0.6 is 0 Å². The normalized spacial score (nSPS) is 13.1. The lowest BCUT2D eigenvalue weighted by Gasteiger charge is -2.18. The molecule has 0 heterocycles. The van der Waals surface area contributed by atoms with Gasteiger partial charge in [0.2, 0.25) is 0 Å². The molecule has 0 aromatic heterocycles. The molecule has 0 spiro atoms. The summed E-state index contributed by atoms with van der Waals surface area (Å²) in [5, 5.41) is 0. The summed E-state index contributed by atoms with van der Waals surface area (Å²) in [4.78, 5) is 38.0. The van der Waals surface area contributed by atoms with Gasteiger partial charge in [-0.2, -0.15) is 0 Å². The topological polar surface area (TPSA) is 78.9 Å². The smallest absolute Gasteiger partial charge is 0.306 e. The zero-order valence-electron chi connectivity index (χ0n) is 41.3. The minimum absolute atomic E-state index is 0.0648. The highest BCUT2D eigenvalue weighted by Gasteiger charge is 2.19. The largest absolute Gasteiger partial charge is 0.462 e. The average molecular weight is 849 g/mol. The van der Waals surface area contributed by atoms with Gasteiger partial charge < -0.3 is 14.2 Å². The molecule has 0 aromatic rings. The van der Waals surface area contributed by atoms with Crippen LogP contribution in [0.2, 0.25) is 0 Å². The minimum atomic E-state index is -0.763. The van der Waals surface area contributed by atoms with Crippen LogP contribution in [0, 0.1) is 17.8 Å². The van der Waals surface area contributed by atoms with Crippen LogP contribution in [0.25, 0.3) is 0 Å². The second-order valence-electron chi connectivity index (χ2n) is 19.5. The van der Waals surface area contributed by atoms with Crippen LogP contribution in [0.15, 0.2) is 0 Å². The van der Waals surface area contributed by atoms with Gasteiger partial charge in [0.05, 0.1) is 0 Å². The van der Waals surface area contributed by atoms with Crippen LogP contribution in [0.3, 0.4) is 0 Å². The summed E-state index contributed by atoms with van der Waals surface area (Å²) < 4.78 is 16.8. The third-order valence-corrected chi connectivity index (χ3v) is 12.9. The van der Waals surface area contributed by atoms with Crippen LogP contribution in [0.4, 0.5) is 0 Å². The van der Waals surface area contributed by atoms with E-state index in [-0.39, 0.29) is 31.1 Å². The fraction of sp³-hybridized carbons (Fsp3) is 0.944. The molecule has 0 N–H and O–H groups in total. The van der Waals surface area contributed by atoms with Gasteiger partial charge in [-0.3, -0.25) is 14.4 Å². The van der Waals surface area contributed by atoms with E-state index in [0.717, 1.165) is 75.5 Å². The number of rotatable bonds is 47. The monoisotopic (exact) mass is 849 g/mol. The third-order valence-electron chi connectivity index (χ3n) is 12.9. The van der Waals surface area contributed by atoms with E-state index in [1.807, 2.05) is 0 Å². The molecule has 0 aromatic carbocycles. The van der Waals surface area contributed by atoms with Crippen molar-refractivity contribution < 1.29 is 28.6 Å². The van der Waals surface area contributed by atoms with E-state index in [9.17, 15) is 14.4 Å². The highest BCUT2D eigenvalue weighted by atomic mass is 16.6. The predicted octanol–water partition coefficient (Wildman–Crippen LogP) is 17.2. The third kappa shape index (κ3) is 44.5. The standard InChI is InChI=1S/C54H104O6/c1-7-49(5)41-35-29-23-17-14-15-19-26-32-38-44-53(56)59-47-51(60-54(57)45-39-33-27-21-20-24-30-36-42-50(6)8-2)46-58-52(55)43-37-31-25-18-13-11-9-10-12-16-22-28-34-40-48(3)4/h48-51H,7-47H2,1-6H3/t49?,50?,51-/m0/s1. The molecule has 0 rings (SSSR count). The van der Waals surface area contributed by atoms with E-state index in [1.165, 1.54) is 173 Å². The zero-order chi connectivity index (χ0) is 44.2. The van der Waals surface area contributed by atoms with Crippen molar-refractivity contribution >= 4 is 17.9 Å². The quantitative estimate of drug-likeness (QED) is 0.0345. The lowest BCUT2D eigenvalue weighted by Crippen LogP contribution is -2.30. The highest BCUT2D eigenvalue weighted by molar-refractivity contribution is 5.71. The average Bonchev–Trinajstić information content (AvgIpc) is 3.23. The molecular formula is C54H104O6. The molecule has 0 saturated carbocycles.